The Balaban J connectivity index is 1.24. The molecule has 4 heterocycles. The third-order valence-electron chi connectivity index (χ3n) is 8.55. The SMILES string of the molecule is CCCCCCCCCCCCN1C(=O)/C(=C\c2c(N3CCN(Cc4ccccc4)CC3)nc3ccccn3c2=O)SC1=S. The zero-order valence-electron chi connectivity index (χ0n) is 26.0. The molecule has 44 heavy (non-hydrogen) atoms. The van der Waals surface area contributed by atoms with Crippen LogP contribution in [-0.2, 0) is 11.3 Å². The van der Waals surface area contributed by atoms with Crippen molar-refractivity contribution in [2.45, 2.75) is 77.7 Å². The van der Waals surface area contributed by atoms with Crippen molar-refractivity contribution in [1.29, 1.82) is 0 Å². The molecule has 0 aliphatic carbocycles. The van der Waals surface area contributed by atoms with Gasteiger partial charge in [0.2, 0.25) is 0 Å². The summed E-state index contributed by atoms with van der Waals surface area (Å²) in [6.07, 6.45) is 15.9. The van der Waals surface area contributed by atoms with E-state index in [0.29, 0.717) is 32.8 Å². The van der Waals surface area contributed by atoms with Crippen LogP contribution in [0.4, 0.5) is 5.82 Å². The number of hydrogen-bond donors (Lipinski definition) is 0. The molecule has 5 rings (SSSR count). The molecule has 2 saturated heterocycles. The molecule has 9 heteroatoms. The number of carbonyl (C=O) groups is 1. The molecular weight excluding hydrogens is 587 g/mol. The number of rotatable bonds is 15. The average Bonchev–Trinajstić information content (AvgIpc) is 3.31. The Labute approximate surface area is 271 Å². The van der Waals surface area contributed by atoms with Gasteiger partial charge in [0.05, 0.1) is 10.5 Å². The van der Waals surface area contributed by atoms with Gasteiger partial charge in [-0.25, -0.2) is 4.98 Å². The summed E-state index contributed by atoms with van der Waals surface area (Å²) in [5.74, 6) is 0.535. The first kappa shape index (κ1) is 32.4. The number of fused-ring (bicyclic) bond motifs is 1. The van der Waals surface area contributed by atoms with E-state index in [9.17, 15) is 9.59 Å². The molecule has 0 N–H and O–H groups in total. The number of benzene rings is 1. The highest BCUT2D eigenvalue weighted by atomic mass is 32.2. The van der Waals surface area contributed by atoms with Gasteiger partial charge in [-0.3, -0.25) is 23.8 Å². The Morgan fingerprint density at radius 1 is 0.841 bits per heavy atom. The van der Waals surface area contributed by atoms with Crippen LogP contribution in [-0.4, -0.2) is 62.1 Å². The maximum Gasteiger partial charge on any atom is 0.267 e. The molecule has 1 amide bonds. The van der Waals surface area contributed by atoms with E-state index in [1.807, 2.05) is 24.3 Å². The lowest BCUT2D eigenvalue weighted by atomic mass is 10.1. The van der Waals surface area contributed by atoms with Gasteiger partial charge in [-0.2, -0.15) is 0 Å². The molecule has 2 aliphatic heterocycles. The van der Waals surface area contributed by atoms with Crippen LogP contribution in [0.5, 0.6) is 0 Å². The molecule has 3 aromatic rings. The van der Waals surface area contributed by atoms with Crippen LogP contribution in [0.1, 0.15) is 82.3 Å². The fourth-order valence-corrected chi connectivity index (χ4v) is 7.29. The molecule has 2 fully saturated rings. The van der Waals surface area contributed by atoms with Gasteiger partial charge < -0.3 is 4.90 Å². The zero-order valence-corrected chi connectivity index (χ0v) is 27.6. The molecule has 0 atom stereocenters. The van der Waals surface area contributed by atoms with Gasteiger partial charge in [0.25, 0.3) is 11.5 Å². The van der Waals surface area contributed by atoms with Crippen LogP contribution in [0.2, 0.25) is 0 Å². The summed E-state index contributed by atoms with van der Waals surface area (Å²) in [5.41, 5.74) is 2.18. The third-order valence-corrected chi connectivity index (χ3v) is 9.93. The standard InChI is InChI=1S/C35H45N5O2S2/c1-2-3-4-5-6-7-8-9-10-15-21-40-34(42)30(44-35(40)43)26-29-32(36-31-19-14-16-20-39(31)33(29)41)38-24-22-37(23-25-38)27-28-17-12-11-13-18-28/h11-14,16-20,26H,2-10,15,21-25,27H2,1H3/b30-26+. The van der Waals surface area contributed by atoms with Crippen molar-refractivity contribution < 1.29 is 4.79 Å². The topological polar surface area (TPSA) is 61.2 Å². The monoisotopic (exact) mass is 631 g/mol. The number of hydrogen-bond acceptors (Lipinski definition) is 7. The van der Waals surface area contributed by atoms with Gasteiger partial charge >= 0.3 is 0 Å². The summed E-state index contributed by atoms with van der Waals surface area (Å²) in [6.45, 7) is 7.02. The third kappa shape index (κ3) is 8.37. The molecule has 0 saturated carbocycles. The minimum Gasteiger partial charge on any atom is -0.353 e. The van der Waals surface area contributed by atoms with E-state index < -0.39 is 0 Å². The van der Waals surface area contributed by atoms with E-state index >= 15 is 0 Å². The van der Waals surface area contributed by atoms with E-state index in [-0.39, 0.29) is 11.5 Å². The maximum absolute atomic E-state index is 13.8. The number of amides is 1. The quantitative estimate of drug-likeness (QED) is 0.100. The molecular formula is C35H45N5O2S2. The van der Waals surface area contributed by atoms with Crippen LogP contribution in [0, 0.1) is 0 Å². The van der Waals surface area contributed by atoms with Crippen molar-refractivity contribution in [2.24, 2.45) is 0 Å². The zero-order chi connectivity index (χ0) is 30.7. The van der Waals surface area contributed by atoms with Crippen LogP contribution in [0.25, 0.3) is 11.7 Å². The molecule has 0 spiro atoms. The molecule has 7 nitrogen and oxygen atoms in total. The summed E-state index contributed by atoms with van der Waals surface area (Å²) < 4.78 is 2.13. The molecule has 1 aromatic carbocycles. The minimum atomic E-state index is -0.169. The lowest BCUT2D eigenvalue weighted by Crippen LogP contribution is -2.47. The first-order valence-electron chi connectivity index (χ1n) is 16.3. The second-order valence-electron chi connectivity index (χ2n) is 11.8. The predicted molar refractivity (Wildman–Crippen MR) is 187 cm³/mol. The number of thiocarbonyl (C=S) groups is 1. The number of nitrogens with zero attached hydrogens (tertiary/aromatic N) is 5. The summed E-state index contributed by atoms with van der Waals surface area (Å²) in [4.78, 5) is 39.1. The van der Waals surface area contributed by atoms with Crippen molar-refractivity contribution in [2.75, 3.05) is 37.6 Å². The first-order chi connectivity index (χ1) is 21.5. The highest BCUT2D eigenvalue weighted by Crippen LogP contribution is 2.34. The molecule has 0 bridgehead atoms. The Hall–Kier alpha value is -3.01. The molecule has 2 aromatic heterocycles. The van der Waals surface area contributed by atoms with Crippen LogP contribution < -0.4 is 10.5 Å². The smallest absolute Gasteiger partial charge is 0.267 e. The predicted octanol–water partition coefficient (Wildman–Crippen LogP) is 7.14. The number of thioether (sulfide) groups is 1. The van der Waals surface area contributed by atoms with E-state index in [1.54, 1.807) is 21.6 Å². The Morgan fingerprint density at radius 3 is 2.20 bits per heavy atom. The van der Waals surface area contributed by atoms with Gasteiger partial charge in [0, 0.05) is 45.5 Å². The highest BCUT2D eigenvalue weighted by Gasteiger charge is 2.33. The van der Waals surface area contributed by atoms with Crippen molar-refractivity contribution in [3.05, 3.63) is 81.1 Å². The number of piperazine rings is 1. The fourth-order valence-electron chi connectivity index (χ4n) is 6.00. The molecule has 0 unspecified atom stereocenters. The molecule has 234 valence electrons. The van der Waals surface area contributed by atoms with Crippen LogP contribution in [0.15, 0.2) is 64.4 Å². The van der Waals surface area contributed by atoms with E-state index in [0.717, 1.165) is 45.6 Å². The Kier molecular flexibility index (Phi) is 12.0. The van der Waals surface area contributed by atoms with E-state index in [2.05, 4.69) is 41.0 Å². The van der Waals surface area contributed by atoms with Gasteiger partial charge in [-0.15, -0.1) is 0 Å². The lowest BCUT2D eigenvalue weighted by molar-refractivity contribution is -0.122. The largest absolute Gasteiger partial charge is 0.353 e. The second kappa shape index (κ2) is 16.3. The number of carbonyl (C=O) groups excluding carboxylic acids is 1. The summed E-state index contributed by atoms with van der Waals surface area (Å²) in [7, 11) is 0. The molecule has 2 aliphatic rings. The first-order valence-corrected chi connectivity index (χ1v) is 17.6. The van der Waals surface area contributed by atoms with Crippen molar-refractivity contribution in [3.63, 3.8) is 0 Å². The summed E-state index contributed by atoms with van der Waals surface area (Å²) >= 11 is 6.92. The van der Waals surface area contributed by atoms with Gasteiger partial charge in [-0.1, -0.05) is 125 Å². The Morgan fingerprint density at radius 2 is 1.50 bits per heavy atom. The van der Waals surface area contributed by atoms with E-state index in [1.165, 1.54) is 68.7 Å². The number of pyridine rings is 1. The summed E-state index contributed by atoms with van der Waals surface area (Å²) in [5, 5.41) is 0. The number of unbranched alkanes of at least 4 members (excludes halogenated alkanes) is 9. The van der Waals surface area contributed by atoms with Crippen molar-refractivity contribution in [3.8, 4) is 0 Å². The summed E-state index contributed by atoms with van der Waals surface area (Å²) in [6, 6.07) is 16.1. The number of anilines is 1. The second-order valence-corrected chi connectivity index (χ2v) is 13.5. The Bertz CT molecular complexity index is 1500. The number of aromatic nitrogens is 2. The average molecular weight is 632 g/mol. The lowest BCUT2D eigenvalue weighted by Gasteiger charge is -2.36. The fraction of sp³-hybridized carbons (Fsp3) is 0.486. The van der Waals surface area contributed by atoms with Crippen molar-refractivity contribution in [1.82, 2.24) is 19.2 Å². The highest BCUT2D eigenvalue weighted by molar-refractivity contribution is 8.26. The maximum atomic E-state index is 13.8. The van der Waals surface area contributed by atoms with E-state index in [4.69, 9.17) is 17.2 Å². The van der Waals surface area contributed by atoms with Crippen LogP contribution in [0.3, 0.4) is 0 Å². The minimum absolute atomic E-state index is 0.105. The van der Waals surface area contributed by atoms with Crippen molar-refractivity contribution >= 4 is 51.7 Å². The van der Waals surface area contributed by atoms with Gasteiger partial charge in [-0.05, 0) is 30.2 Å². The van der Waals surface area contributed by atoms with Gasteiger partial charge in [0.15, 0.2) is 0 Å². The van der Waals surface area contributed by atoms with Gasteiger partial charge in [0.1, 0.15) is 15.8 Å². The molecule has 0 radical (unpaired) electrons. The van der Waals surface area contributed by atoms with Crippen LogP contribution >= 0.6 is 24.0 Å². The normalized spacial score (nSPS) is 17.0.